The van der Waals surface area contributed by atoms with Crippen LogP contribution in [0.25, 0.3) is 0 Å². The zero-order valence-electron chi connectivity index (χ0n) is 9.88. The van der Waals surface area contributed by atoms with Crippen molar-refractivity contribution in [1.29, 1.82) is 0 Å². The van der Waals surface area contributed by atoms with Crippen molar-refractivity contribution in [3.63, 3.8) is 0 Å². The largest absolute Gasteiger partial charge is 0.390 e. The molecule has 1 aliphatic rings. The van der Waals surface area contributed by atoms with Gasteiger partial charge in [0.05, 0.1) is 5.60 Å². The molecule has 0 spiro atoms. The van der Waals surface area contributed by atoms with Gasteiger partial charge in [-0.15, -0.1) is 0 Å². The van der Waals surface area contributed by atoms with E-state index in [1.54, 1.807) is 0 Å². The highest BCUT2D eigenvalue weighted by Gasteiger charge is 2.25. The predicted molar refractivity (Wildman–Crippen MR) is 59.4 cm³/mol. The van der Waals surface area contributed by atoms with Gasteiger partial charge in [0.25, 0.3) is 0 Å². The Labute approximate surface area is 87.5 Å². The Balaban J connectivity index is 2.40. The normalized spacial score (nSPS) is 30.6. The van der Waals surface area contributed by atoms with Crippen LogP contribution >= 0.6 is 0 Å². The molecule has 0 aromatic rings. The average Bonchev–Trinajstić information content (AvgIpc) is 2.01. The Bertz CT molecular complexity index is 167. The molecule has 3 heteroatoms. The first-order chi connectivity index (χ1) is 6.40. The van der Waals surface area contributed by atoms with E-state index in [1.807, 2.05) is 13.8 Å². The van der Waals surface area contributed by atoms with E-state index < -0.39 is 5.60 Å². The van der Waals surface area contributed by atoms with E-state index in [-0.39, 0.29) is 0 Å². The molecule has 0 aromatic heterocycles. The summed E-state index contributed by atoms with van der Waals surface area (Å²) in [5.41, 5.74) is -0.537. The number of hydrogen-bond donors (Lipinski definition) is 2. The van der Waals surface area contributed by atoms with Crippen LogP contribution in [0.15, 0.2) is 0 Å². The van der Waals surface area contributed by atoms with Crippen molar-refractivity contribution in [2.24, 2.45) is 0 Å². The highest BCUT2D eigenvalue weighted by atomic mass is 16.3. The molecule has 1 fully saturated rings. The summed E-state index contributed by atoms with van der Waals surface area (Å²) >= 11 is 0. The van der Waals surface area contributed by atoms with E-state index in [0.29, 0.717) is 12.1 Å². The zero-order valence-corrected chi connectivity index (χ0v) is 9.88. The summed E-state index contributed by atoms with van der Waals surface area (Å²) in [7, 11) is 0. The second-order valence-corrected chi connectivity index (χ2v) is 5.16. The summed E-state index contributed by atoms with van der Waals surface area (Å²) in [6.07, 6.45) is 0.849. The molecule has 2 N–H and O–H groups in total. The van der Waals surface area contributed by atoms with Crippen molar-refractivity contribution in [2.45, 2.75) is 51.8 Å². The third-order valence-corrected chi connectivity index (χ3v) is 2.99. The lowest BCUT2D eigenvalue weighted by atomic mass is 10.0. The van der Waals surface area contributed by atoms with E-state index in [0.717, 1.165) is 26.1 Å². The van der Waals surface area contributed by atoms with E-state index in [9.17, 15) is 5.11 Å². The van der Waals surface area contributed by atoms with Crippen LogP contribution in [0.4, 0.5) is 0 Å². The van der Waals surface area contributed by atoms with Crippen LogP contribution in [0.1, 0.15) is 34.1 Å². The summed E-state index contributed by atoms with van der Waals surface area (Å²) in [6.45, 7) is 11.4. The molecule has 1 heterocycles. The molecule has 84 valence electrons. The molecule has 1 aliphatic heterocycles. The Kier molecular flexibility index (Phi) is 3.93. The topological polar surface area (TPSA) is 35.5 Å². The Morgan fingerprint density at radius 2 is 1.79 bits per heavy atom. The van der Waals surface area contributed by atoms with Gasteiger partial charge in [-0.25, -0.2) is 0 Å². The highest BCUT2D eigenvalue weighted by Crippen LogP contribution is 2.14. The molecule has 3 nitrogen and oxygen atoms in total. The van der Waals surface area contributed by atoms with E-state index in [1.165, 1.54) is 0 Å². The van der Waals surface area contributed by atoms with Crippen LogP contribution < -0.4 is 5.32 Å². The van der Waals surface area contributed by atoms with Crippen LogP contribution in [-0.4, -0.2) is 47.3 Å². The van der Waals surface area contributed by atoms with Crippen molar-refractivity contribution in [2.75, 3.05) is 19.6 Å². The molecule has 14 heavy (non-hydrogen) atoms. The van der Waals surface area contributed by atoms with Gasteiger partial charge in [-0.2, -0.15) is 0 Å². The molecular formula is C11H24N2O. The molecular weight excluding hydrogens is 176 g/mol. The van der Waals surface area contributed by atoms with Gasteiger partial charge in [-0.1, -0.05) is 0 Å². The van der Waals surface area contributed by atoms with Crippen molar-refractivity contribution in [3.05, 3.63) is 0 Å². The fourth-order valence-electron chi connectivity index (χ4n) is 2.01. The van der Waals surface area contributed by atoms with E-state index in [4.69, 9.17) is 0 Å². The number of hydrogen-bond acceptors (Lipinski definition) is 3. The lowest BCUT2D eigenvalue weighted by Crippen LogP contribution is -2.55. The van der Waals surface area contributed by atoms with Gasteiger partial charge in [0, 0.05) is 31.7 Å². The second-order valence-electron chi connectivity index (χ2n) is 5.16. The summed E-state index contributed by atoms with van der Waals surface area (Å²) in [4.78, 5) is 2.48. The maximum absolute atomic E-state index is 9.68. The van der Waals surface area contributed by atoms with Crippen LogP contribution in [0.3, 0.4) is 0 Å². The first-order valence-electron chi connectivity index (χ1n) is 5.59. The van der Waals surface area contributed by atoms with Gasteiger partial charge in [0.1, 0.15) is 0 Å². The van der Waals surface area contributed by atoms with Crippen LogP contribution in [0.5, 0.6) is 0 Å². The van der Waals surface area contributed by atoms with Gasteiger partial charge < -0.3 is 10.4 Å². The summed E-state index contributed by atoms with van der Waals surface area (Å²) in [5.74, 6) is 0. The smallest absolute Gasteiger partial charge is 0.0603 e. The van der Waals surface area contributed by atoms with Crippen LogP contribution in [-0.2, 0) is 0 Å². The maximum atomic E-state index is 9.68. The number of nitrogens with zero attached hydrogens (tertiary/aromatic N) is 1. The van der Waals surface area contributed by atoms with Crippen molar-refractivity contribution >= 4 is 0 Å². The molecule has 0 radical (unpaired) electrons. The summed E-state index contributed by atoms with van der Waals surface area (Å²) in [5, 5.41) is 13.1. The fourth-order valence-corrected chi connectivity index (χ4v) is 2.01. The lowest BCUT2D eigenvalue weighted by molar-refractivity contribution is 0.0363. The SMILES string of the molecule is CC1CNCC(C)N1CCC(C)(C)O. The maximum Gasteiger partial charge on any atom is 0.0603 e. The average molecular weight is 200 g/mol. The molecule has 0 aliphatic carbocycles. The van der Waals surface area contributed by atoms with Crippen molar-refractivity contribution in [1.82, 2.24) is 10.2 Å². The molecule has 2 atom stereocenters. The first kappa shape index (κ1) is 12.0. The third kappa shape index (κ3) is 3.56. The molecule has 1 rings (SSSR count). The van der Waals surface area contributed by atoms with Crippen LogP contribution in [0, 0.1) is 0 Å². The Hall–Kier alpha value is -0.120. The zero-order chi connectivity index (χ0) is 10.8. The number of nitrogens with one attached hydrogen (secondary N) is 1. The predicted octanol–water partition coefficient (Wildman–Crippen LogP) is 0.830. The highest BCUT2D eigenvalue weighted by molar-refractivity contribution is 4.83. The Morgan fingerprint density at radius 3 is 2.21 bits per heavy atom. The van der Waals surface area contributed by atoms with E-state index >= 15 is 0 Å². The molecule has 0 amide bonds. The van der Waals surface area contributed by atoms with E-state index in [2.05, 4.69) is 24.1 Å². The standard InChI is InChI=1S/C11H24N2O/c1-9-7-12-8-10(2)13(9)6-5-11(3,4)14/h9-10,12,14H,5-8H2,1-4H3. The van der Waals surface area contributed by atoms with Gasteiger partial charge in [0.15, 0.2) is 0 Å². The second kappa shape index (κ2) is 4.60. The van der Waals surface area contributed by atoms with Gasteiger partial charge in [-0.3, -0.25) is 4.90 Å². The van der Waals surface area contributed by atoms with Gasteiger partial charge >= 0.3 is 0 Å². The van der Waals surface area contributed by atoms with Gasteiger partial charge in [0.2, 0.25) is 0 Å². The minimum Gasteiger partial charge on any atom is -0.390 e. The molecule has 0 saturated carbocycles. The Morgan fingerprint density at radius 1 is 1.29 bits per heavy atom. The quantitative estimate of drug-likeness (QED) is 0.708. The summed E-state index contributed by atoms with van der Waals surface area (Å²) < 4.78 is 0. The molecule has 0 aromatic carbocycles. The molecule has 1 saturated heterocycles. The minimum absolute atomic E-state index is 0.537. The van der Waals surface area contributed by atoms with Gasteiger partial charge in [-0.05, 0) is 34.1 Å². The molecule has 2 unspecified atom stereocenters. The van der Waals surface area contributed by atoms with Crippen molar-refractivity contribution in [3.8, 4) is 0 Å². The van der Waals surface area contributed by atoms with Crippen LogP contribution in [0.2, 0.25) is 0 Å². The number of aliphatic hydroxyl groups is 1. The third-order valence-electron chi connectivity index (χ3n) is 2.99. The monoisotopic (exact) mass is 200 g/mol. The lowest BCUT2D eigenvalue weighted by Gasteiger charge is -2.40. The first-order valence-corrected chi connectivity index (χ1v) is 5.59. The minimum atomic E-state index is -0.537. The fraction of sp³-hybridized carbons (Fsp3) is 1.00. The number of rotatable bonds is 3. The summed E-state index contributed by atoms with van der Waals surface area (Å²) in [6, 6.07) is 1.17. The van der Waals surface area contributed by atoms with Crippen molar-refractivity contribution < 1.29 is 5.11 Å². The molecule has 0 bridgehead atoms. The number of piperazine rings is 1.